The minimum Gasteiger partial charge on any atom is -0.489 e. The van der Waals surface area contributed by atoms with E-state index < -0.39 is 0 Å². The van der Waals surface area contributed by atoms with Crippen molar-refractivity contribution in [2.24, 2.45) is 0 Å². The van der Waals surface area contributed by atoms with E-state index in [9.17, 15) is 0 Å². The van der Waals surface area contributed by atoms with Gasteiger partial charge < -0.3 is 15.0 Å². The van der Waals surface area contributed by atoms with Crippen LogP contribution in [0, 0.1) is 3.57 Å². The van der Waals surface area contributed by atoms with Crippen molar-refractivity contribution in [2.75, 3.05) is 6.54 Å². The lowest BCUT2D eigenvalue weighted by atomic mass is 9.94. The molecule has 140 valence electrons. The number of benzene rings is 3. The highest BCUT2D eigenvalue weighted by Gasteiger charge is 2.25. The maximum absolute atomic E-state index is 6.06. The monoisotopic (exact) mass is 480 g/mol. The van der Waals surface area contributed by atoms with E-state index in [2.05, 4.69) is 87.5 Å². The Labute approximate surface area is 178 Å². The molecule has 3 aromatic carbocycles. The summed E-state index contributed by atoms with van der Waals surface area (Å²) in [5, 5.41) is 4.95. The lowest BCUT2D eigenvalue weighted by molar-refractivity contribution is 0.306. The molecule has 0 spiro atoms. The van der Waals surface area contributed by atoms with Crippen LogP contribution >= 0.6 is 22.6 Å². The van der Waals surface area contributed by atoms with Gasteiger partial charge >= 0.3 is 0 Å². The molecule has 0 saturated heterocycles. The molecule has 0 aliphatic carbocycles. The van der Waals surface area contributed by atoms with Gasteiger partial charge in [-0.15, -0.1) is 0 Å². The molecule has 1 aliphatic rings. The van der Waals surface area contributed by atoms with Crippen LogP contribution in [-0.2, 0) is 13.0 Å². The normalized spacial score (nSPS) is 16.1. The zero-order chi connectivity index (χ0) is 18.9. The third-order valence-electron chi connectivity index (χ3n) is 5.35. The molecule has 0 saturated carbocycles. The maximum Gasteiger partial charge on any atom is 0.120 e. The first-order valence-corrected chi connectivity index (χ1v) is 10.7. The van der Waals surface area contributed by atoms with Crippen molar-refractivity contribution in [3.8, 4) is 5.75 Å². The molecule has 0 radical (unpaired) electrons. The van der Waals surface area contributed by atoms with E-state index in [1.54, 1.807) is 0 Å². The van der Waals surface area contributed by atoms with Gasteiger partial charge in [-0.05, 0) is 76.0 Å². The van der Waals surface area contributed by atoms with Gasteiger partial charge in [0.15, 0.2) is 0 Å². The Morgan fingerprint density at radius 2 is 1.86 bits per heavy atom. The first-order chi connectivity index (χ1) is 13.8. The van der Waals surface area contributed by atoms with Crippen molar-refractivity contribution < 1.29 is 4.74 Å². The fourth-order valence-corrected chi connectivity index (χ4v) is 4.58. The quantitative estimate of drug-likeness (QED) is 0.374. The zero-order valence-corrected chi connectivity index (χ0v) is 17.6. The molecule has 1 aromatic heterocycles. The number of hydrogen-bond donors (Lipinski definition) is 2. The Bertz CT molecular complexity index is 1120. The zero-order valence-electron chi connectivity index (χ0n) is 15.4. The van der Waals surface area contributed by atoms with E-state index in [1.165, 1.54) is 36.9 Å². The van der Waals surface area contributed by atoms with Crippen LogP contribution in [0.4, 0.5) is 0 Å². The SMILES string of the molecule is Ic1cccc(C2NCCc3c2[nH]c2ccc(OCc4ccccc4)cc32)c1. The third-order valence-corrected chi connectivity index (χ3v) is 6.02. The van der Waals surface area contributed by atoms with Gasteiger partial charge in [-0.2, -0.15) is 0 Å². The number of nitrogens with one attached hydrogen (secondary N) is 2. The largest absolute Gasteiger partial charge is 0.489 e. The van der Waals surface area contributed by atoms with Gasteiger partial charge in [0.2, 0.25) is 0 Å². The van der Waals surface area contributed by atoms with E-state index in [0.29, 0.717) is 6.61 Å². The predicted octanol–water partition coefficient (Wildman–Crippen LogP) is 5.59. The summed E-state index contributed by atoms with van der Waals surface area (Å²) >= 11 is 2.38. The van der Waals surface area contributed by atoms with E-state index in [1.807, 2.05) is 18.2 Å². The summed E-state index contributed by atoms with van der Waals surface area (Å²) in [4.78, 5) is 3.66. The van der Waals surface area contributed by atoms with E-state index in [0.717, 1.165) is 18.7 Å². The van der Waals surface area contributed by atoms with Gasteiger partial charge in [-0.1, -0.05) is 42.5 Å². The Balaban J connectivity index is 1.48. The number of halogens is 1. The minimum absolute atomic E-state index is 0.208. The van der Waals surface area contributed by atoms with Crippen molar-refractivity contribution in [1.82, 2.24) is 10.3 Å². The average Bonchev–Trinajstić information content (AvgIpc) is 3.11. The third kappa shape index (κ3) is 3.42. The molecule has 2 N–H and O–H groups in total. The first-order valence-electron chi connectivity index (χ1n) is 9.58. The first kappa shape index (κ1) is 17.8. The summed E-state index contributed by atoms with van der Waals surface area (Å²) in [7, 11) is 0. The van der Waals surface area contributed by atoms with Crippen molar-refractivity contribution in [3.63, 3.8) is 0 Å². The van der Waals surface area contributed by atoms with Crippen LogP contribution in [0.1, 0.15) is 28.4 Å². The standard InChI is InChI=1S/C24H21IN2O/c25-18-8-4-7-17(13-18)23-24-20(11-12-26-23)21-14-19(9-10-22(21)27-24)28-15-16-5-2-1-3-6-16/h1-10,13-14,23,26-27H,11-12,15H2. The fraction of sp³-hybridized carbons (Fsp3) is 0.167. The molecular formula is C24H21IN2O. The van der Waals surface area contributed by atoms with Crippen LogP contribution in [0.15, 0.2) is 72.8 Å². The summed E-state index contributed by atoms with van der Waals surface area (Å²) in [5.74, 6) is 0.919. The Morgan fingerprint density at radius 1 is 0.964 bits per heavy atom. The van der Waals surface area contributed by atoms with Crippen LogP contribution in [0.25, 0.3) is 10.9 Å². The van der Waals surface area contributed by atoms with E-state index in [-0.39, 0.29) is 6.04 Å². The van der Waals surface area contributed by atoms with Gasteiger partial charge in [0, 0.05) is 26.7 Å². The number of ether oxygens (including phenoxy) is 1. The molecule has 0 amide bonds. The molecular weight excluding hydrogens is 459 g/mol. The van der Waals surface area contributed by atoms with E-state index >= 15 is 0 Å². The molecule has 5 rings (SSSR count). The van der Waals surface area contributed by atoms with Crippen LogP contribution < -0.4 is 10.1 Å². The number of aromatic amines is 1. The number of hydrogen-bond acceptors (Lipinski definition) is 2. The lowest BCUT2D eigenvalue weighted by Gasteiger charge is -2.25. The van der Waals surface area contributed by atoms with Gasteiger partial charge in [-0.25, -0.2) is 0 Å². The molecule has 1 atom stereocenters. The topological polar surface area (TPSA) is 37.0 Å². The van der Waals surface area contributed by atoms with Gasteiger partial charge in [0.05, 0.1) is 6.04 Å². The molecule has 0 fully saturated rings. The van der Waals surface area contributed by atoms with Crippen LogP contribution in [0.2, 0.25) is 0 Å². The summed E-state index contributed by atoms with van der Waals surface area (Å²) in [6.07, 6.45) is 1.03. The summed E-state index contributed by atoms with van der Waals surface area (Å²) in [6.45, 7) is 1.57. The highest BCUT2D eigenvalue weighted by molar-refractivity contribution is 14.1. The smallest absolute Gasteiger partial charge is 0.120 e. The number of rotatable bonds is 4. The lowest BCUT2D eigenvalue weighted by Crippen LogP contribution is -2.30. The van der Waals surface area contributed by atoms with Gasteiger partial charge in [0.1, 0.15) is 12.4 Å². The molecule has 1 unspecified atom stereocenters. The van der Waals surface area contributed by atoms with Crippen molar-refractivity contribution >= 4 is 33.5 Å². The van der Waals surface area contributed by atoms with Crippen molar-refractivity contribution in [2.45, 2.75) is 19.1 Å². The van der Waals surface area contributed by atoms with Gasteiger partial charge in [0.25, 0.3) is 0 Å². The molecule has 4 heteroatoms. The molecule has 0 bridgehead atoms. The molecule has 28 heavy (non-hydrogen) atoms. The molecule has 2 heterocycles. The Morgan fingerprint density at radius 3 is 2.71 bits per heavy atom. The molecule has 3 nitrogen and oxygen atoms in total. The Kier molecular flexibility index (Phi) is 4.82. The average molecular weight is 480 g/mol. The second kappa shape index (κ2) is 7.60. The Hall–Kier alpha value is -2.31. The van der Waals surface area contributed by atoms with Crippen LogP contribution in [0.5, 0.6) is 5.75 Å². The second-order valence-electron chi connectivity index (χ2n) is 7.19. The van der Waals surface area contributed by atoms with Gasteiger partial charge in [-0.3, -0.25) is 0 Å². The number of aromatic nitrogens is 1. The summed E-state index contributed by atoms with van der Waals surface area (Å²) in [6, 6.07) is 25.6. The summed E-state index contributed by atoms with van der Waals surface area (Å²) in [5.41, 5.74) is 6.35. The van der Waals surface area contributed by atoms with E-state index in [4.69, 9.17) is 4.74 Å². The van der Waals surface area contributed by atoms with Crippen molar-refractivity contribution in [3.05, 3.63) is 98.8 Å². The number of H-pyrrole nitrogens is 1. The predicted molar refractivity (Wildman–Crippen MR) is 122 cm³/mol. The highest BCUT2D eigenvalue weighted by Crippen LogP contribution is 2.35. The maximum atomic E-state index is 6.06. The number of fused-ring (bicyclic) bond motifs is 3. The summed E-state index contributed by atoms with van der Waals surface area (Å²) < 4.78 is 7.32. The highest BCUT2D eigenvalue weighted by atomic mass is 127. The fourth-order valence-electron chi connectivity index (χ4n) is 4.01. The van der Waals surface area contributed by atoms with Crippen LogP contribution in [0.3, 0.4) is 0 Å². The second-order valence-corrected chi connectivity index (χ2v) is 8.44. The van der Waals surface area contributed by atoms with Crippen molar-refractivity contribution in [1.29, 1.82) is 0 Å². The molecule has 1 aliphatic heterocycles. The molecule has 4 aromatic rings. The van der Waals surface area contributed by atoms with Crippen LogP contribution in [-0.4, -0.2) is 11.5 Å². The minimum atomic E-state index is 0.208.